The molecule has 1 atom stereocenters. The number of carbonyl (C=O) groups excluding carboxylic acids is 2. The molecule has 7 heteroatoms. The molecule has 5 nitrogen and oxygen atoms in total. The van der Waals surface area contributed by atoms with Crippen molar-refractivity contribution in [2.75, 3.05) is 12.4 Å². The Bertz CT molecular complexity index is 589. The predicted octanol–water partition coefficient (Wildman–Crippen LogP) is 2.19. The summed E-state index contributed by atoms with van der Waals surface area (Å²) in [5.74, 6) is -0.414. The number of hydrogen-bond donors (Lipinski definition) is 2. The monoisotopic (exact) mass is 311 g/mol. The number of benzene rings is 1. The van der Waals surface area contributed by atoms with E-state index in [-0.39, 0.29) is 18.2 Å². The molecule has 0 aliphatic carbocycles. The first-order valence-corrected chi connectivity index (χ1v) is 7.25. The van der Waals surface area contributed by atoms with Gasteiger partial charge in [0.05, 0.1) is 0 Å². The number of carbonyl (C=O) groups is 2. The van der Waals surface area contributed by atoms with Crippen molar-refractivity contribution in [3.05, 3.63) is 28.8 Å². The molecule has 1 fully saturated rings. The second kappa shape index (κ2) is 6.28. The molecule has 0 aromatic heterocycles. The summed E-state index contributed by atoms with van der Waals surface area (Å²) in [6.45, 7) is 1.89. The normalized spacial score (nSPS) is 20.1. The molecule has 2 amide bonds. The van der Waals surface area contributed by atoms with Crippen molar-refractivity contribution < 1.29 is 9.59 Å². The summed E-state index contributed by atoms with van der Waals surface area (Å²) >= 11 is 7.26. The molecule has 1 heterocycles. The van der Waals surface area contributed by atoms with E-state index in [0.29, 0.717) is 15.9 Å². The van der Waals surface area contributed by atoms with Crippen LogP contribution in [0.25, 0.3) is 0 Å². The van der Waals surface area contributed by atoms with Gasteiger partial charge in [0.1, 0.15) is 5.25 Å². The summed E-state index contributed by atoms with van der Waals surface area (Å²) in [5, 5.41) is 6.05. The molecular weight excluding hydrogens is 298 g/mol. The number of thioether (sulfide) groups is 1. The van der Waals surface area contributed by atoms with E-state index < -0.39 is 5.25 Å². The van der Waals surface area contributed by atoms with Crippen LogP contribution in [0.4, 0.5) is 5.69 Å². The van der Waals surface area contributed by atoms with Crippen LogP contribution in [0.5, 0.6) is 0 Å². The van der Waals surface area contributed by atoms with Crippen molar-refractivity contribution >= 4 is 46.0 Å². The zero-order valence-electron chi connectivity index (χ0n) is 11.1. The molecule has 0 bridgehead atoms. The molecule has 20 heavy (non-hydrogen) atoms. The SMILES string of the molecule is CN=C1NC(=O)[C@H](CC(=O)Nc2ccc(C)c(Cl)c2)S1. The lowest BCUT2D eigenvalue weighted by Gasteiger charge is -2.08. The van der Waals surface area contributed by atoms with Gasteiger partial charge in [-0.25, -0.2) is 0 Å². The van der Waals surface area contributed by atoms with Gasteiger partial charge in [-0.15, -0.1) is 0 Å². The van der Waals surface area contributed by atoms with Gasteiger partial charge >= 0.3 is 0 Å². The molecule has 1 aromatic rings. The lowest BCUT2D eigenvalue weighted by molar-refractivity contribution is -0.122. The van der Waals surface area contributed by atoms with Crippen LogP contribution in [-0.4, -0.2) is 29.3 Å². The number of halogens is 1. The van der Waals surface area contributed by atoms with Crippen LogP contribution < -0.4 is 10.6 Å². The molecule has 2 N–H and O–H groups in total. The smallest absolute Gasteiger partial charge is 0.240 e. The highest BCUT2D eigenvalue weighted by Gasteiger charge is 2.31. The van der Waals surface area contributed by atoms with Crippen molar-refractivity contribution in [3.63, 3.8) is 0 Å². The first kappa shape index (κ1) is 14.9. The number of anilines is 1. The summed E-state index contributed by atoms with van der Waals surface area (Å²) in [4.78, 5) is 27.4. The van der Waals surface area contributed by atoms with Gasteiger partial charge in [0.15, 0.2) is 5.17 Å². The lowest BCUT2D eigenvalue weighted by Crippen LogP contribution is -2.28. The van der Waals surface area contributed by atoms with Crippen LogP contribution in [0.1, 0.15) is 12.0 Å². The topological polar surface area (TPSA) is 70.6 Å². The predicted molar refractivity (Wildman–Crippen MR) is 82.3 cm³/mol. The average Bonchev–Trinajstić information content (AvgIpc) is 2.74. The van der Waals surface area contributed by atoms with Crippen LogP contribution >= 0.6 is 23.4 Å². The molecular formula is C13H14ClN3O2S. The Morgan fingerprint density at radius 3 is 2.90 bits per heavy atom. The van der Waals surface area contributed by atoms with Gasteiger partial charge in [-0.1, -0.05) is 29.4 Å². The summed E-state index contributed by atoms with van der Waals surface area (Å²) in [6.07, 6.45) is 0.0982. The second-order valence-corrected chi connectivity index (χ2v) is 5.94. The van der Waals surface area contributed by atoms with Crippen molar-refractivity contribution in [3.8, 4) is 0 Å². The van der Waals surface area contributed by atoms with Crippen LogP contribution in [0.2, 0.25) is 5.02 Å². The van der Waals surface area contributed by atoms with Gasteiger partial charge in [-0.3, -0.25) is 14.6 Å². The van der Waals surface area contributed by atoms with E-state index >= 15 is 0 Å². The summed E-state index contributed by atoms with van der Waals surface area (Å²) < 4.78 is 0. The van der Waals surface area contributed by atoms with Crippen LogP contribution in [0.3, 0.4) is 0 Å². The fourth-order valence-corrected chi connectivity index (χ4v) is 2.81. The van der Waals surface area contributed by atoms with Gasteiger partial charge in [-0.2, -0.15) is 0 Å². The lowest BCUT2D eigenvalue weighted by atomic mass is 10.2. The maximum atomic E-state index is 11.9. The summed E-state index contributed by atoms with van der Waals surface area (Å²) in [5.41, 5.74) is 1.57. The molecule has 106 valence electrons. The third kappa shape index (κ3) is 3.52. The average molecular weight is 312 g/mol. The van der Waals surface area contributed by atoms with Gasteiger partial charge in [-0.05, 0) is 24.6 Å². The minimum absolute atomic E-state index is 0.0982. The van der Waals surface area contributed by atoms with Crippen molar-refractivity contribution in [2.45, 2.75) is 18.6 Å². The van der Waals surface area contributed by atoms with E-state index in [0.717, 1.165) is 5.56 Å². The fraction of sp³-hybridized carbons (Fsp3) is 0.308. The Morgan fingerprint density at radius 1 is 1.55 bits per heavy atom. The van der Waals surface area contributed by atoms with Gasteiger partial charge in [0.25, 0.3) is 0 Å². The van der Waals surface area contributed by atoms with E-state index in [2.05, 4.69) is 15.6 Å². The zero-order chi connectivity index (χ0) is 14.7. The first-order valence-electron chi connectivity index (χ1n) is 6.00. The maximum absolute atomic E-state index is 11.9. The van der Waals surface area contributed by atoms with E-state index in [1.807, 2.05) is 13.0 Å². The summed E-state index contributed by atoms with van der Waals surface area (Å²) in [7, 11) is 1.60. The largest absolute Gasteiger partial charge is 0.326 e. The van der Waals surface area contributed by atoms with E-state index in [1.165, 1.54) is 11.8 Å². The number of nitrogens with zero attached hydrogens (tertiary/aromatic N) is 1. The number of nitrogens with one attached hydrogen (secondary N) is 2. The highest BCUT2D eigenvalue weighted by atomic mass is 35.5. The first-order chi connectivity index (χ1) is 9.49. The zero-order valence-corrected chi connectivity index (χ0v) is 12.6. The molecule has 2 rings (SSSR count). The van der Waals surface area contributed by atoms with Crippen molar-refractivity contribution in [1.82, 2.24) is 5.32 Å². The molecule has 1 aliphatic rings. The van der Waals surface area contributed by atoms with Crippen LogP contribution in [-0.2, 0) is 9.59 Å². The van der Waals surface area contributed by atoms with E-state index in [4.69, 9.17) is 11.6 Å². The van der Waals surface area contributed by atoms with Crippen molar-refractivity contribution in [1.29, 1.82) is 0 Å². The number of amidine groups is 1. The van der Waals surface area contributed by atoms with Crippen LogP contribution in [0.15, 0.2) is 23.2 Å². The third-order valence-corrected chi connectivity index (χ3v) is 4.39. The molecule has 0 unspecified atom stereocenters. The molecule has 0 radical (unpaired) electrons. The molecule has 1 aliphatic heterocycles. The molecule has 1 aromatic carbocycles. The number of aryl methyl sites for hydroxylation is 1. The number of amides is 2. The molecule has 1 saturated heterocycles. The van der Waals surface area contributed by atoms with Gasteiger partial charge < -0.3 is 10.6 Å². The standard InChI is InChI=1S/C13H14ClN3O2S/c1-7-3-4-8(5-9(7)14)16-11(18)6-10-12(19)17-13(15-2)20-10/h3-5,10H,6H2,1-2H3,(H,16,18)(H,15,17,19)/t10-/m0/s1. The van der Waals surface area contributed by atoms with Gasteiger partial charge in [0.2, 0.25) is 11.8 Å². The molecule has 0 spiro atoms. The maximum Gasteiger partial charge on any atom is 0.240 e. The Kier molecular flexibility index (Phi) is 4.67. The Balaban J connectivity index is 1.96. The number of aliphatic imine (C=N–C) groups is 1. The van der Waals surface area contributed by atoms with Gasteiger partial charge in [0, 0.05) is 24.2 Å². The van der Waals surface area contributed by atoms with E-state index in [9.17, 15) is 9.59 Å². The Labute approximate surface area is 126 Å². The Hall–Kier alpha value is -1.53. The number of hydrogen-bond acceptors (Lipinski definition) is 4. The highest BCUT2D eigenvalue weighted by molar-refractivity contribution is 8.15. The fourth-order valence-electron chi connectivity index (χ4n) is 1.70. The third-order valence-electron chi connectivity index (χ3n) is 2.81. The molecule has 0 saturated carbocycles. The number of rotatable bonds is 3. The summed E-state index contributed by atoms with van der Waals surface area (Å²) in [6, 6.07) is 5.30. The quantitative estimate of drug-likeness (QED) is 0.899. The minimum atomic E-state index is -0.436. The van der Waals surface area contributed by atoms with Crippen LogP contribution in [0, 0.1) is 6.92 Å². The van der Waals surface area contributed by atoms with Crippen molar-refractivity contribution in [2.24, 2.45) is 4.99 Å². The Morgan fingerprint density at radius 2 is 2.30 bits per heavy atom. The highest BCUT2D eigenvalue weighted by Crippen LogP contribution is 2.24. The van der Waals surface area contributed by atoms with E-state index in [1.54, 1.807) is 19.2 Å². The second-order valence-electron chi connectivity index (χ2n) is 4.34. The minimum Gasteiger partial charge on any atom is -0.326 e.